The number of fused-ring (bicyclic) bond motifs is 1. The van der Waals surface area contributed by atoms with Gasteiger partial charge in [-0.05, 0) is 25.0 Å². The highest BCUT2D eigenvalue weighted by Gasteiger charge is 2.21. The third-order valence-electron chi connectivity index (χ3n) is 3.91. The van der Waals surface area contributed by atoms with Gasteiger partial charge in [-0.15, -0.1) is 0 Å². The lowest BCUT2D eigenvalue weighted by Gasteiger charge is -2.17. The Balaban J connectivity index is 1.89. The zero-order valence-electron chi connectivity index (χ0n) is 14.3. The monoisotopic (exact) mass is 345 g/mol. The highest BCUT2D eigenvalue weighted by molar-refractivity contribution is 5.92. The minimum atomic E-state index is -0.786. The molecule has 3 amide bonds. The van der Waals surface area contributed by atoms with Gasteiger partial charge in [0.2, 0.25) is 17.7 Å². The SMILES string of the molecule is CNC(=O)CNC(=O)C(C)NC(=O)[C@@H](N)Cc1c[nH]c2ccccc12. The Labute approximate surface area is 145 Å². The van der Waals surface area contributed by atoms with Gasteiger partial charge in [-0.3, -0.25) is 14.4 Å². The zero-order valence-corrected chi connectivity index (χ0v) is 14.3. The molecule has 8 heteroatoms. The summed E-state index contributed by atoms with van der Waals surface area (Å²) in [5, 5.41) is 8.41. The van der Waals surface area contributed by atoms with Gasteiger partial charge in [0.15, 0.2) is 0 Å². The predicted molar refractivity (Wildman–Crippen MR) is 94.7 cm³/mol. The molecule has 25 heavy (non-hydrogen) atoms. The fourth-order valence-electron chi connectivity index (χ4n) is 2.42. The fourth-order valence-corrected chi connectivity index (χ4v) is 2.42. The van der Waals surface area contributed by atoms with E-state index in [0.29, 0.717) is 6.42 Å². The molecule has 2 atom stereocenters. The summed E-state index contributed by atoms with van der Waals surface area (Å²) in [6, 6.07) is 6.18. The number of para-hydroxylation sites is 1. The van der Waals surface area contributed by atoms with Crippen molar-refractivity contribution in [1.29, 1.82) is 0 Å². The number of hydrogen-bond donors (Lipinski definition) is 5. The van der Waals surface area contributed by atoms with Gasteiger partial charge in [-0.2, -0.15) is 0 Å². The van der Waals surface area contributed by atoms with Crippen LogP contribution < -0.4 is 21.7 Å². The van der Waals surface area contributed by atoms with Crippen LogP contribution >= 0.6 is 0 Å². The first-order valence-electron chi connectivity index (χ1n) is 8.01. The summed E-state index contributed by atoms with van der Waals surface area (Å²) in [7, 11) is 1.48. The molecule has 0 saturated heterocycles. The first kappa shape index (κ1) is 18.5. The highest BCUT2D eigenvalue weighted by Crippen LogP contribution is 2.18. The standard InChI is InChI=1S/C17H23N5O3/c1-10(16(24)21-9-15(23)19-2)22-17(25)13(18)7-11-8-20-14-6-4-3-5-12(11)14/h3-6,8,10,13,20H,7,9,18H2,1-2H3,(H,19,23)(H,21,24)(H,22,25)/t10?,13-/m0/s1. The van der Waals surface area contributed by atoms with E-state index in [1.54, 1.807) is 0 Å². The van der Waals surface area contributed by atoms with Gasteiger partial charge in [0, 0.05) is 24.1 Å². The van der Waals surface area contributed by atoms with Gasteiger partial charge in [-0.1, -0.05) is 18.2 Å². The van der Waals surface area contributed by atoms with Crippen molar-refractivity contribution >= 4 is 28.6 Å². The molecule has 1 unspecified atom stereocenters. The van der Waals surface area contributed by atoms with Crippen molar-refractivity contribution in [3.63, 3.8) is 0 Å². The summed E-state index contributed by atoms with van der Waals surface area (Å²) in [6.07, 6.45) is 2.18. The van der Waals surface area contributed by atoms with Crippen LogP contribution in [0.5, 0.6) is 0 Å². The summed E-state index contributed by atoms with van der Waals surface area (Å²) in [4.78, 5) is 38.3. The lowest BCUT2D eigenvalue weighted by Crippen LogP contribution is -2.51. The molecule has 0 fully saturated rings. The quantitative estimate of drug-likeness (QED) is 0.459. The van der Waals surface area contributed by atoms with Crippen LogP contribution in [0.4, 0.5) is 0 Å². The van der Waals surface area contributed by atoms with Crippen molar-refractivity contribution in [2.75, 3.05) is 13.6 Å². The van der Waals surface area contributed by atoms with Gasteiger partial charge in [0.1, 0.15) is 6.04 Å². The van der Waals surface area contributed by atoms with Crippen molar-refractivity contribution in [2.24, 2.45) is 5.73 Å². The molecule has 8 nitrogen and oxygen atoms in total. The molecule has 0 aliphatic rings. The molecule has 2 rings (SSSR count). The molecule has 0 radical (unpaired) electrons. The van der Waals surface area contributed by atoms with Crippen LogP contribution in [-0.2, 0) is 20.8 Å². The van der Waals surface area contributed by atoms with Gasteiger partial charge < -0.3 is 26.7 Å². The van der Waals surface area contributed by atoms with E-state index in [-0.39, 0.29) is 12.5 Å². The molecule has 1 aromatic carbocycles. The summed E-state index contributed by atoms with van der Waals surface area (Å²) < 4.78 is 0. The smallest absolute Gasteiger partial charge is 0.242 e. The van der Waals surface area contributed by atoms with Crippen LogP contribution in [0.2, 0.25) is 0 Å². The van der Waals surface area contributed by atoms with Gasteiger partial charge in [0.25, 0.3) is 0 Å². The highest BCUT2D eigenvalue weighted by atomic mass is 16.2. The number of likely N-dealkylation sites (N-methyl/N-ethyl adjacent to an activating group) is 1. The van der Waals surface area contributed by atoms with Gasteiger partial charge in [0.05, 0.1) is 12.6 Å². The number of benzene rings is 1. The Hall–Kier alpha value is -2.87. The van der Waals surface area contributed by atoms with E-state index in [1.165, 1.54) is 14.0 Å². The van der Waals surface area contributed by atoms with Crippen molar-refractivity contribution < 1.29 is 14.4 Å². The van der Waals surface area contributed by atoms with Crippen LogP contribution in [0.3, 0.4) is 0 Å². The van der Waals surface area contributed by atoms with Gasteiger partial charge in [-0.25, -0.2) is 0 Å². The number of hydrogen-bond acceptors (Lipinski definition) is 4. The van der Waals surface area contributed by atoms with Crippen molar-refractivity contribution in [1.82, 2.24) is 20.9 Å². The average molecular weight is 345 g/mol. The molecule has 0 saturated carbocycles. The van der Waals surface area contributed by atoms with E-state index in [0.717, 1.165) is 16.5 Å². The summed E-state index contributed by atoms with van der Waals surface area (Å²) in [5.41, 5.74) is 7.89. The Bertz CT molecular complexity index is 770. The maximum absolute atomic E-state index is 12.2. The van der Waals surface area contributed by atoms with Crippen LogP contribution in [0.1, 0.15) is 12.5 Å². The van der Waals surface area contributed by atoms with Gasteiger partial charge >= 0.3 is 0 Å². The molecule has 0 bridgehead atoms. The summed E-state index contributed by atoms with van der Waals surface area (Å²) in [5.74, 6) is -1.19. The second-order valence-electron chi connectivity index (χ2n) is 5.79. The molecule has 0 spiro atoms. The Morgan fingerprint density at radius 2 is 1.92 bits per heavy atom. The van der Waals surface area contributed by atoms with Crippen LogP contribution in [-0.4, -0.2) is 48.4 Å². The largest absolute Gasteiger partial charge is 0.361 e. The number of aromatic nitrogens is 1. The zero-order chi connectivity index (χ0) is 18.4. The number of carbonyl (C=O) groups is 3. The maximum Gasteiger partial charge on any atom is 0.242 e. The minimum Gasteiger partial charge on any atom is -0.361 e. The molecular formula is C17H23N5O3. The molecular weight excluding hydrogens is 322 g/mol. The lowest BCUT2D eigenvalue weighted by molar-refractivity contribution is -0.130. The normalized spacial score (nSPS) is 13.1. The third kappa shape index (κ3) is 4.80. The third-order valence-corrected chi connectivity index (χ3v) is 3.91. The molecule has 0 aliphatic heterocycles. The van der Waals surface area contributed by atoms with E-state index in [1.807, 2.05) is 30.5 Å². The Morgan fingerprint density at radius 1 is 1.20 bits per heavy atom. The minimum absolute atomic E-state index is 0.142. The van der Waals surface area contributed by atoms with Crippen molar-refractivity contribution in [3.8, 4) is 0 Å². The predicted octanol–water partition coefficient (Wildman–Crippen LogP) is -0.595. The van der Waals surface area contributed by atoms with E-state index in [4.69, 9.17) is 5.73 Å². The molecule has 1 aromatic heterocycles. The topological polar surface area (TPSA) is 129 Å². The fraction of sp³-hybridized carbons (Fsp3) is 0.353. The van der Waals surface area contributed by atoms with Crippen molar-refractivity contribution in [3.05, 3.63) is 36.0 Å². The number of nitrogens with two attached hydrogens (primary N) is 1. The van der Waals surface area contributed by atoms with Crippen LogP contribution in [0.25, 0.3) is 10.9 Å². The summed E-state index contributed by atoms with van der Waals surface area (Å²) >= 11 is 0. The summed E-state index contributed by atoms with van der Waals surface area (Å²) in [6.45, 7) is 1.40. The molecule has 0 aliphatic carbocycles. The van der Waals surface area contributed by atoms with Crippen LogP contribution in [0, 0.1) is 0 Å². The number of aromatic amines is 1. The Kier molecular flexibility index (Phi) is 6.13. The number of nitrogens with one attached hydrogen (secondary N) is 4. The maximum atomic E-state index is 12.2. The average Bonchev–Trinajstić information content (AvgIpc) is 3.02. The molecule has 6 N–H and O–H groups in total. The lowest BCUT2D eigenvalue weighted by atomic mass is 10.0. The molecule has 134 valence electrons. The van der Waals surface area contributed by atoms with Crippen LogP contribution in [0.15, 0.2) is 30.5 Å². The number of amides is 3. The molecule has 1 heterocycles. The van der Waals surface area contributed by atoms with E-state index in [9.17, 15) is 14.4 Å². The second kappa shape index (κ2) is 8.29. The molecule has 2 aromatic rings. The first-order valence-corrected chi connectivity index (χ1v) is 8.01. The van der Waals surface area contributed by atoms with E-state index < -0.39 is 23.9 Å². The number of rotatable bonds is 7. The number of H-pyrrole nitrogens is 1. The first-order chi connectivity index (χ1) is 11.9. The van der Waals surface area contributed by atoms with Crippen molar-refractivity contribution in [2.45, 2.75) is 25.4 Å². The second-order valence-corrected chi connectivity index (χ2v) is 5.79. The number of carbonyl (C=O) groups excluding carboxylic acids is 3. The van der Waals surface area contributed by atoms with E-state index >= 15 is 0 Å². The Morgan fingerprint density at radius 3 is 2.64 bits per heavy atom. The van der Waals surface area contributed by atoms with E-state index in [2.05, 4.69) is 20.9 Å².